The molecule has 0 saturated carbocycles. The highest BCUT2D eigenvalue weighted by molar-refractivity contribution is 5.85. The molecule has 0 aliphatic heterocycles. The number of aromatic carboxylic acids is 1. The second kappa shape index (κ2) is 3.53. The van der Waals surface area contributed by atoms with Crippen molar-refractivity contribution in [2.45, 2.75) is 6.92 Å². The predicted molar refractivity (Wildman–Crippen MR) is 53.1 cm³/mol. The van der Waals surface area contributed by atoms with Crippen molar-refractivity contribution in [2.24, 2.45) is 0 Å². The minimum Gasteiger partial charge on any atom is -0.476 e. The first-order valence-electron chi connectivity index (χ1n) is 4.39. The second-order valence-electron chi connectivity index (χ2n) is 3.10. The zero-order valence-corrected chi connectivity index (χ0v) is 8.08. The van der Waals surface area contributed by atoms with E-state index in [2.05, 4.69) is 10.1 Å². The molecule has 0 bridgehead atoms. The summed E-state index contributed by atoms with van der Waals surface area (Å²) in [7, 11) is 0. The zero-order chi connectivity index (χ0) is 10.8. The normalized spacial score (nSPS) is 10.2. The summed E-state index contributed by atoms with van der Waals surface area (Å²) < 4.78 is 1.55. The average Bonchev–Trinajstić information content (AvgIpc) is 2.62. The maximum absolute atomic E-state index is 10.7. The minimum absolute atomic E-state index is 0.0383. The highest BCUT2D eigenvalue weighted by Gasteiger charge is 2.11. The van der Waals surface area contributed by atoms with Crippen LogP contribution in [0.5, 0.6) is 0 Å². The van der Waals surface area contributed by atoms with E-state index in [-0.39, 0.29) is 5.69 Å². The molecular weight excluding hydrogens is 194 g/mol. The molecule has 2 aromatic heterocycles. The van der Waals surface area contributed by atoms with Crippen LogP contribution in [-0.2, 0) is 0 Å². The smallest absolute Gasteiger partial charge is 0.356 e. The second-order valence-corrected chi connectivity index (χ2v) is 3.10. The van der Waals surface area contributed by atoms with Gasteiger partial charge in [-0.25, -0.2) is 9.48 Å². The number of pyridine rings is 1. The van der Waals surface area contributed by atoms with E-state index in [1.165, 1.54) is 6.07 Å². The van der Waals surface area contributed by atoms with Gasteiger partial charge in [-0.05, 0) is 25.1 Å². The van der Waals surface area contributed by atoms with Crippen LogP contribution in [0.4, 0.5) is 0 Å². The lowest BCUT2D eigenvalue weighted by Gasteiger charge is -2.01. The molecule has 2 heterocycles. The highest BCUT2D eigenvalue weighted by atomic mass is 16.4. The van der Waals surface area contributed by atoms with Gasteiger partial charge in [0.2, 0.25) is 0 Å². The van der Waals surface area contributed by atoms with E-state index in [0.29, 0.717) is 0 Å². The average molecular weight is 203 g/mol. The van der Waals surface area contributed by atoms with Crippen molar-refractivity contribution in [3.63, 3.8) is 0 Å². The van der Waals surface area contributed by atoms with Gasteiger partial charge in [-0.15, -0.1) is 0 Å². The quantitative estimate of drug-likeness (QED) is 0.798. The van der Waals surface area contributed by atoms with Crippen LogP contribution < -0.4 is 0 Å². The van der Waals surface area contributed by atoms with Crippen molar-refractivity contribution in [3.8, 4) is 5.69 Å². The van der Waals surface area contributed by atoms with Gasteiger partial charge in [0.25, 0.3) is 0 Å². The van der Waals surface area contributed by atoms with Gasteiger partial charge in [0.05, 0.1) is 11.9 Å². The van der Waals surface area contributed by atoms with Gasteiger partial charge in [0, 0.05) is 11.9 Å². The van der Waals surface area contributed by atoms with Crippen LogP contribution in [0.3, 0.4) is 0 Å². The molecule has 5 nitrogen and oxygen atoms in total. The number of nitrogens with zero attached hydrogens (tertiary/aromatic N) is 3. The fourth-order valence-corrected chi connectivity index (χ4v) is 1.32. The Bertz CT molecular complexity index is 491. The number of hydrogen-bond acceptors (Lipinski definition) is 3. The molecule has 0 amide bonds. The van der Waals surface area contributed by atoms with Crippen LogP contribution in [0.2, 0.25) is 0 Å². The molecule has 0 saturated heterocycles. The Balaban J connectivity index is 2.50. The Hall–Kier alpha value is -2.17. The molecule has 1 N–H and O–H groups in total. The van der Waals surface area contributed by atoms with E-state index in [4.69, 9.17) is 5.11 Å². The minimum atomic E-state index is -1.03. The van der Waals surface area contributed by atoms with E-state index in [0.717, 1.165) is 11.4 Å². The number of carbonyl (C=O) groups is 1. The highest BCUT2D eigenvalue weighted by Crippen LogP contribution is 2.10. The molecule has 0 unspecified atom stereocenters. The van der Waals surface area contributed by atoms with Crippen LogP contribution in [0.1, 0.15) is 16.2 Å². The van der Waals surface area contributed by atoms with Crippen molar-refractivity contribution in [3.05, 3.63) is 42.0 Å². The molecule has 0 spiro atoms. The van der Waals surface area contributed by atoms with Crippen LogP contribution in [0, 0.1) is 6.92 Å². The van der Waals surface area contributed by atoms with E-state index in [1.807, 2.05) is 6.07 Å². The Morgan fingerprint density at radius 2 is 2.33 bits per heavy atom. The van der Waals surface area contributed by atoms with E-state index < -0.39 is 5.97 Å². The lowest BCUT2D eigenvalue weighted by atomic mass is 10.3. The third-order valence-corrected chi connectivity index (χ3v) is 2.00. The molecule has 2 rings (SSSR count). The van der Waals surface area contributed by atoms with Crippen LogP contribution in [-0.4, -0.2) is 25.8 Å². The Labute approximate surface area is 86.0 Å². The zero-order valence-electron chi connectivity index (χ0n) is 8.08. The summed E-state index contributed by atoms with van der Waals surface area (Å²) in [5.74, 6) is -1.03. The summed E-state index contributed by atoms with van der Waals surface area (Å²) in [4.78, 5) is 14.7. The largest absolute Gasteiger partial charge is 0.476 e. The number of hydrogen-bond donors (Lipinski definition) is 1. The SMILES string of the molecule is Cc1cc(C(=O)O)nn1-c1cccnc1. The summed E-state index contributed by atoms with van der Waals surface area (Å²) in [5, 5.41) is 12.7. The molecular formula is C10H9N3O2. The molecule has 5 heteroatoms. The Kier molecular flexibility index (Phi) is 2.21. The fraction of sp³-hybridized carbons (Fsp3) is 0.100. The number of carboxylic acids is 1. The van der Waals surface area contributed by atoms with Gasteiger partial charge in [-0.1, -0.05) is 0 Å². The summed E-state index contributed by atoms with van der Waals surface area (Å²) in [5.41, 5.74) is 1.55. The lowest BCUT2D eigenvalue weighted by Crippen LogP contribution is -2.02. The summed E-state index contributed by atoms with van der Waals surface area (Å²) in [6.07, 6.45) is 3.28. The van der Waals surface area contributed by atoms with Gasteiger partial charge in [-0.2, -0.15) is 5.10 Å². The topological polar surface area (TPSA) is 68.0 Å². The van der Waals surface area contributed by atoms with Crippen molar-refractivity contribution < 1.29 is 9.90 Å². The molecule has 0 fully saturated rings. The van der Waals surface area contributed by atoms with Crippen molar-refractivity contribution in [2.75, 3.05) is 0 Å². The van der Waals surface area contributed by atoms with Gasteiger partial charge in [0.1, 0.15) is 0 Å². The van der Waals surface area contributed by atoms with Gasteiger partial charge in [-0.3, -0.25) is 4.98 Å². The molecule has 76 valence electrons. The van der Waals surface area contributed by atoms with Gasteiger partial charge < -0.3 is 5.11 Å². The van der Waals surface area contributed by atoms with Crippen LogP contribution in [0.25, 0.3) is 5.69 Å². The molecule has 0 atom stereocenters. The lowest BCUT2D eigenvalue weighted by molar-refractivity contribution is 0.0690. The van der Waals surface area contributed by atoms with Crippen molar-refractivity contribution >= 4 is 5.97 Å². The third kappa shape index (κ3) is 1.71. The van der Waals surface area contributed by atoms with Crippen LogP contribution >= 0.6 is 0 Å². The molecule has 0 radical (unpaired) electrons. The summed E-state index contributed by atoms with van der Waals surface area (Å²) in [6.45, 7) is 1.80. The molecule has 0 aliphatic carbocycles. The number of rotatable bonds is 2. The third-order valence-electron chi connectivity index (χ3n) is 2.00. The van der Waals surface area contributed by atoms with Crippen molar-refractivity contribution in [1.29, 1.82) is 0 Å². The summed E-state index contributed by atoms with van der Waals surface area (Å²) >= 11 is 0. The molecule has 0 aromatic carbocycles. The van der Waals surface area contributed by atoms with E-state index >= 15 is 0 Å². The fourth-order valence-electron chi connectivity index (χ4n) is 1.32. The van der Waals surface area contributed by atoms with E-state index in [9.17, 15) is 4.79 Å². The van der Waals surface area contributed by atoms with Gasteiger partial charge in [0.15, 0.2) is 5.69 Å². The maximum atomic E-state index is 10.7. The van der Waals surface area contributed by atoms with E-state index in [1.54, 1.807) is 30.1 Å². The molecule has 2 aromatic rings. The molecule has 15 heavy (non-hydrogen) atoms. The first kappa shape index (κ1) is 9.39. The Morgan fingerprint density at radius 3 is 2.87 bits per heavy atom. The monoisotopic (exact) mass is 203 g/mol. The Morgan fingerprint density at radius 1 is 1.53 bits per heavy atom. The predicted octanol–water partition coefficient (Wildman–Crippen LogP) is 1.27. The van der Waals surface area contributed by atoms with Gasteiger partial charge >= 0.3 is 5.97 Å². The van der Waals surface area contributed by atoms with Crippen LogP contribution in [0.15, 0.2) is 30.6 Å². The number of aromatic nitrogens is 3. The standard InChI is InChI=1S/C10H9N3O2/c1-7-5-9(10(14)15)12-13(7)8-3-2-4-11-6-8/h2-6H,1H3,(H,14,15). The first-order chi connectivity index (χ1) is 7.18. The summed E-state index contributed by atoms with van der Waals surface area (Å²) in [6, 6.07) is 5.12. The first-order valence-corrected chi connectivity index (χ1v) is 4.39. The number of carboxylic acid groups (broad SMARTS) is 1. The molecule has 0 aliphatic rings. The number of aryl methyl sites for hydroxylation is 1. The van der Waals surface area contributed by atoms with Crippen molar-refractivity contribution in [1.82, 2.24) is 14.8 Å². The maximum Gasteiger partial charge on any atom is 0.356 e.